The molecule has 3 nitrogen and oxygen atoms in total. The number of carbonyl (C=O) groups is 1. The van der Waals surface area contributed by atoms with Crippen LogP contribution in [0, 0.1) is 6.92 Å². The number of carbonyl (C=O) groups excluding carboxylic acids is 1. The van der Waals surface area contributed by atoms with Crippen LogP contribution in [-0.4, -0.2) is 13.0 Å². The molecule has 3 rings (SSSR count). The molecular formula is C16H16N2O. The Labute approximate surface area is 112 Å². The number of nitrogens with one attached hydrogen (secondary N) is 1. The van der Waals surface area contributed by atoms with E-state index < -0.39 is 0 Å². The van der Waals surface area contributed by atoms with Crippen molar-refractivity contribution in [1.29, 1.82) is 0 Å². The topological polar surface area (TPSA) is 32.3 Å². The Kier molecular flexibility index (Phi) is 2.75. The fourth-order valence-electron chi connectivity index (χ4n) is 2.47. The van der Waals surface area contributed by atoms with E-state index in [1.807, 2.05) is 31.3 Å². The van der Waals surface area contributed by atoms with Gasteiger partial charge in [0, 0.05) is 7.05 Å². The lowest BCUT2D eigenvalue weighted by molar-refractivity contribution is 0.0928. The number of fused-ring (bicyclic) bond motifs is 1. The third-order valence-corrected chi connectivity index (χ3v) is 3.58. The maximum absolute atomic E-state index is 12.1. The molecule has 3 heteroatoms. The fraction of sp³-hybridized carbons (Fsp3) is 0.188. The molecule has 2 aromatic rings. The monoisotopic (exact) mass is 252 g/mol. The van der Waals surface area contributed by atoms with Crippen molar-refractivity contribution in [3.63, 3.8) is 0 Å². The van der Waals surface area contributed by atoms with Crippen LogP contribution in [-0.2, 0) is 0 Å². The number of hydrogen-bond donors (Lipinski definition) is 1. The quantitative estimate of drug-likeness (QED) is 0.846. The Balaban J connectivity index is 2.02. The molecule has 0 unspecified atom stereocenters. The van der Waals surface area contributed by atoms with Crippen LogP contribution in [0.1, 0.15) is 27.7 Å². The molecule has 1 aliphatic heterocycles. The zero-order chi connectivity index (χ0) is 13.4. The predicted molar refractivity (Wildman–Crippen MR) is 76.2 cm³/mol. The molecule has 1 amide bonds. The van der Waals surface area contributed by atoms with Crippen LogP contribution < -0.4 is 10.2 Å². The lowest BCUT2D eigenvalue weighted by Gasteiger charge is -2.36. The molecule has 0 saturated heterocycles. The van der Waals surface area contributed by atoms with Gasteiger partial charge in [-0.1, -0.05) is 42.0 Å². The van der Waals surface area contributed by atoms with Gasteiger partial charge in [-0.25, -0.2) is 0 Å². The number of para-hydroxylation sites is 1. The van der Waals surface area contributed by atoms with Crippen LogP contribution in [0.4, 0.5) is 5.69 Å². The summed E-state index contributed by atoms with van der Waals surface area (Å²) in [6.45, 7) is 2.06. The van der Waals surface area contributed by atoms with E-state index in [0.29, 0.717) is 0 Å². The van der Waals surface area contributed by atoms with Crippen LogP contribution >= 0.6 is 0 Å². The van der Waals surface area contributed by atoms with E-state index in [4.69, 9.17) is 0 Å². The minimum Gasteiger partial charge on any atom is -0.350 e. The molecule has 1 atom stereocenters. The van der Waals surface area contributed by atoms with Gasteiger partial charge in [0.15, 0.2) is 0 Å². The summed E-state index contributed by atoms with van der Waals surface area (Å²) < 4.78 is 0. The van der Waals surface area contributed by atoms with Gasteiger partial charge >= 0.3 is 0 Å². The lowest BCUT2D eigenvalue weighted by atomic mass is 10.0. The summed E-state index contributed by atoms with van der Waals surface area (Å²) in [7, 11) is 2.00. The highest BCUT2D eigenvalue weighted by Crippen LogP contribution is 2.31. The summed E-state index contributed by atoms with van der Waals surface area (Å²) in [5.74, 6) is -0.0146. The summed E-state index contributed by atoms with van der Waals surface area (Å²) in [6, 6.07) is 15.9. The molecule has 96 valence electrons. The minimum atomic E-state index is -0.108. The van der Waals surface area contributed by atoms with E-state index in [1.54, 1.807) is 0 Å². The van der Waals surface area contributed by atoms with Crippen LogP contribution in [0.15, 0.2) is 48.5 Å². The normalized spacial score (nSPS) is 17.9. The highest BCUT2D eigenvalue weighted by atomic mass is 16.2. The molecule has 0 spiro atoms. The molecule has 2 aromatic carbocycles. The van der Waals surface area contributed by atoms with Gasteiger partial charge < -0.3 is 10.2 Å². The second-order valence-electron chi connectivity index (χ2n) is 4.91. The van der Waals surface area contributed by atoms with E-state index in [1.165, 1.54) is 5.56 Å². The highest BCUT2D eigenvalue weighted by Gasteiger charge is 2.28. The zero-order valence-corrected chi connectivity index (χ0v) is 11.1. The van der Waals surface area contributed by atoms with Gasteiger partial charge in [-0.2, -0.15) is 0 Å². The highest BCUT2D eigenvalue weighted by molar-refractivity contribution is 6.01. The van der Waals surface area contributed by atoms with Crippen molar-refractivity contribution < 1.29 is 4.79 Å². The van der Waals surface area contributed by atoms with Crippen molar-refractivity contribution in [3.8, 4) is 0 Å². The number of nitrogens with zero attached hydrogens (tertiary/aromatic N) is 1. The van der Waals surface area contributed by atoms with Crippen molar-refractivity contribution in [2.75, 3.05) is 11.9 Å². The Morgan fingerprint density at radius 1 is 1.05 bits per heavy atom. The molecule has 1 heterocycles. The molecule has 1 aliphatic rings. The second kappa shape index (κ2) is 4.43. The fourth-order valence-corrected chi connectivity index (χ4v) is 2.47. The van der Waals surface area contributed by atoms with Crippen LogP contribution in [0.2, 0.25) is 0 Å². The van der Waals surface area contributed by atoms with E-state index in [-0.39, 0.29) is 12.1 Å². The van der Waals surface area contributed by atoms with Crippen LogP contribution in [0.3, 0.4) is 0 Å². The number of aryl methyl sites for hydroxylation is 1. The minimum absolute atomic E-state index is 0.0146. The third kappa shape index (κ3) is 1.97. The first-order valence-corrected chi connectivity index (χ1v) is 6.36. The largest absolute Gasteiger partial charge is 0.350 e. The Hall–Kier alpha value is -2.29. The van der Waals surface area contributed by atoms with Gasteiger partial charge in [-0.3, -0.25) is 4.79 Å². The Morgan fingerprint density at radius 3 is 2.47 bits per heavy atom. The summed E-state index contributed by atoms with van der Waals surface area (Å²) in [4.78, 5) is 14.2. The third-order valence-electron chi connectivity index (χ3n) is 3.58. The van der Waals surface area contributed by atoms with Gasteiger partial charge in [0.2, 0.25) is 0 Å². The summed E-state index contributed by atoms with van der Waals surface area (Å²) >= 11 is 0. The first kappa shape index (κ1) is 11.8. The maximum Gasteiger partial charge on any atom is 0.255 e. The van der Waals surface area contributed by atoms with Crippen molar-refractivity contribution in [1.82, 2.24) is 5.32 Å². The molecule has 1 N–H and O–H groups in total. The Bertz CT molecular complexity index is 619. The number of amides is 1. The van der Waals surface area contributed by atoms with Gasteiger partial charge in [0.25, 0.3) is 5.91 Å². The van der Waals surface area contributed by atoms with Gasteiger partial charge in [0.05, 0.1) is 11.3 Å². The molecule has 0 aliphatic carbocycles. The molecule has 19 heavy (non-hydrogen) atoms. The first-order chi connectivity index (χ1) is 9.16. The number of hydrogen-bond acceptors (Lipinski definition) is 2. The van der Waals surface area contributed by atoms with Crippen molar-refractivity contribution >= 4 is 11.6 Å². The van der Waals surface area contributed by atoms with Crippen molar-refractivity contribution in [2.45, 2.75) is 13.1 Å². The van der Waals surface area contributed by atoms with Crippen molar-refractivity contribution in [2.24, 2.45) is 0 Å². The van der Waals surface area contributed by atoms with E-state index >= 15 is 0 Å². The average molecular weight is 252 g/mol. The molecule has 0 saturated carbocycles. The van der Waals surface area contributed by atoms with Gasteiger partial charge in [-0.15, -0.1) is 0 Å². The maximum atomic E-state index is 12.1. The molecule has 0 aromatic heterocycles. The van der Waals surface area contributed by atoms with E-state index in [2.05, 4.69) is 41.4 Å². The van der Waals surface area contributed by atoms with E-state index in [0.717, 1.165) is 16.8 Å². The zero-order valence-electron chi connectivity index (χ0n) is 11.1. The number of benzene rings is 2. The predicted octanol–water partition coefficient (Wildman–Crippen LogP) is 2.87. The SMILES string of the molecule is Cc1ccc([C@H]2NC(=O)c3ccccc3N2C)cc1. The lowest BCUT2D eigenvalue weighted by Crippen LogP contribution is -2.44. The van der Waals surface area contributed by atoms with Gasteiger partial charge in [-0.05, 0) is 24.6 Å². The van der Waals surface area contributed by atoms with E-state index in [9.17, 15) is 4.79 Å². The average Bonchev–Trinajstić information content (AvgIpc) is 2.44. The van der Waals surface area contributed by atoms with Crippen LogP contribution in [0.5, 0.6) is 0 Å². The molecule has 0 bridgehead atoms. The Morgan fingerprint density at radius 2 is 1.74 bits per heavy atom. The first-order valence-electron chi connectivity index (χ1n) is 6.36. The smallest absolute Gasteiger partial charge is 0.255 e. The summed E-state index contributed by atoms with van der Waals surface area (Å²) in [6.07, 6.45) is -0.108. The van der Waals surface area contributed by atoms with Gasteiger partial charge in [0.1, 0.15) is 6.17 Å². The molecule has 0 fully saturated rings. The number of anilines is 1. The second-order valence-corrected chi connectivity index (χ2v) is 4.91. The summed E-state index contributed by atoms with van der Waals surface area (Å²) in [5.41, 5.74) is 4.01. The molecular weight excluding hydrogens is 236 g/mol. The van der Waals surface area contributed by atoms with Crippen molar-refractivity contribution in [3.05, 3.63) is 65.2 Å². The standard InChI is InChI=1S/C16H16N2O/c1-11-7-9-12(10-8-11)15-17-16(19)13-5-3-4-6-14(13)18(15)2/h3-10,15H,1-2H3,(H,17,19)/t15-/m0/s1. The van der Waals surface area contributed by atoms with Crippen LogP contribution in [0.25, 0.3) is 0 Å². The molecule has 0 radical (unpaired) electrons. The number of rotatable bonds is 1. The summed E-state index contributed by atoms with van der Waals surface area (Å²) in [5, 5.41) is 3.05.